The van der Waals surface area contributed by atoms with Gasteiger partial charge in [-0.25, -0.2) is 0 Å². The van der Waals surface area contributed by atoms with Gasteiger partial charge >= 0.3 is 0 Å². The van der Waals surface area contributed by atoms with Gasteiger partial charge < -0.3 is 16.0 Å². The van der Waals surface area contributed by atoms with Crippen molar-refractivity contribution in [1.82, 2.24) is 10.6 Å². The molecule has 5 heteroatoms. The highest BCUT2D eigenvalue weighted by atomic mass is 16.2. The molecule has 1 fully saturated rings. The van der Waals surface area contributed by atoms with Crippen molar-refractivity contribution in [2.45, 2.75) is 19.3 Å². The van der Waals surface area contributed by atoms with Crippen LogP contribution in [0.2, 0.25) is 0 Å². The Morgan fingerprint density at radius 3 is 2.95 bits per heavy atom. The first kappa shape index (κ1) is 14.5. The Labute approximate surface area is 119 Å². The maximum atomic E-state index is 11.9. The van der Waals surface area contributed by atoms with Crippen molar-refractivity contribution < 1.29 is 9.59 Å². The van der Waals surface area contributed by atoms with Crippen LogP contribution in [0.5, 0.6) is 0 Å². The van der Waals surface area contributed by atoms with Crippen molar-refractivity contribution in [2.75, 3.05) is 25.5 Å². The number of carbonyl (C=O) groups is 2. The Hall–Kier alpha value is -1.88. The van der Waals surface area contributed by atoms with Crippen molar-refractivity contribution in [2.24, 2.45) is 5.92 Å². The Morgan fingerprint density at radius 1 is 1.40 bits per heavy atom. The molecule has 1 aromatic carbocycles. The minimum absolute atomic E-state index is 0.00552. The summed E-state index contributed by atoms with van der Waals surface area (Å²) in [5.74, 6) is 0.460. The van der Waals surface area contributed by atoms with Gasteiger partial charge in [-0.3, -0.25) is 9.59 Å². The number of carbonyl (C=O) groups excluding carboxylic acids is 2. The summed E-state index contributed by atoms with van der Waals surface area (Å²) in [6, 6.07) is 6.97. The van der Waals surface area contributed by atoms with Crippen LogP contribution in [-0.4, -0.2) is 32.0 Å². The van der Waals surface area contributed by atoms with Gasteiger partial charge in [0, 0.05) is 24.7 Å². The van der Waals surface area contributed by atoms with E-state index in [0.717, 1.165) is 25.9 Å². The third-order valence-electron chi connectivity index (χ3n) is 3.58. The molecule has 0 radical (unpaired) electrons. The van der Waals surface area contributed by atoms with E-state index < -0.39 is 0 Å². The summed E-state index contributed by atoms with van der Waals surface area (Å²) >= 11 is 0. The lowest BCUT2D eigenvalue weighted by atomic mass is 10.0. The predicted molar refractivity (Wildman–Crippen MR) is 78.7 cm³/mol. The standard InChI is InChI=1S/C15H21N3O2/c1-16-15(20)12-3-2-4-13(9-12)18-14(19)6-5-11-7-8-17-10-11/h2-4,9,11,17H,5-8,10H2,1H3,(H,16,20)(H,18,19). The topological polar surface area (TPSA) is 70.2 Å². The van der Waals surface area contributed by atoms with Gasteiger partial charge in [-0.2, -0.15) is 0 Å². The molecular weight excluding hydrogens is 254 g/mol. The first-order valence-corrected chi connectivity index (χ1v) is 7.02. The first-order valence-electron chi connectivity index (χ1n) is 7.02. The molecule has 0 spiro atoms. The monoisotopic (exact) mass is 275 g/mol. The largest absolute Gasteiger partial charge is 0.355 e. The summed E-state index contributed by atoms with van der Waals surface area (Å²) < 4.78 is 0. The van der Waals surface area contributed by atoms with Crippen molar-refractivity contribution in [3.63, 3.8) is 0 Å². The van der Waals surface area contributed by atoms with Crippen LogP contribution < -0.4 is 16.0 Å². The van der Waals surface area contributed by atoms with Crippen LogP contribution in [0.15, 0.2) is 24.3 Å². The molecule has 0 aromatic heterocycles. The fourth-order valence-electron chi connectivity index (χ4n) is 2.40. The molecule has 20 heavy (non-hydrogen) atoms. The van der Waals surface area contributed by atoms with Crippen molar-refractivity contribution in [3.8, 4) is 0 Å². The van der Waals surface area contributed by atoms with E-state index in [0.29, 0.717) is 23.6 Å². The van der Waals surface area contributed by atoms with Crippen LogP contribution in [0, 0.1) is 5.92 Å². The van der Waals surface area contributed by atoms with Gasteiger partial charge in [-0.05, 0) is 50.0 Å². The Bertz CT molecular complexity index is 482. The van der Waals surface area contributed by atoms with Crippen molar-refractivity contribution in [1.29, 1.82) is 0 Å². The second-order valence-electron chi connectivity index (χ2n) is 5.11. The molecule has 108 valence electrons. The maximum absolute atomic E-state index is 11.9. The van der Waals surface area contributed by atoms with Gasteiger partial charge in [0.05, 0.1) is 0 Å². The van der Waals surface area contributed by atoms with Crippen molar-refractivity contribution >= 4 is 17.5 Å². The molecule has 1 aliphatic heterocycles. The second-order valence-corrected chi connectivity index (χ2v) is 5.11. The molecule has 1 saturated heterocycles. The molecule has 1 heterocycles. The van der Waals surface area contributed by atoms with E-state index in [1.165, 1.54) is 0 Å². The number of hydrogen-bond acceptors (Lipinski definition) is 3. The highest BCUT2D eigenvalue weighted by Gasteiger charge is 2.15. The zero-order valence-corrected chi connectivity index (χ0v) is 11.7. The normalized spacial score (nSPS) is 17.8. The number of nitrogens with one attached hydrogen (secondary N) is 3. The van der Waals surface area contributed by atoms with Gasteiger partial charge in [0.15, 0.2) is 0 Å². The zero-order valence-electron chi connectivity index (χ0n) is 11.7. The van der Waals surface area contributed by atoms with E-state index in [1.807, 2.05) is 0 Å². The molecule has 1 aliphatic rings. The van der Waals surface area contributed by atoms with Crippen LogP contribution in [-0.2, 0) is 4.79 Å². The van der Waals surface area contributed by atoms with Crippen LogP contribution in [0.25, 0.3) is 0 Å². The zero-order chi connectivity index (χ0) is 14.4. The number of anilines is 1. The average molecular weight is 275 g/mol. The molecule has 0 saturated carbocycles. The molecule has 1 unspecified atom stereocenters. The second kappa shape index (κ2) is 7.05. The average Bonchev–Trinajstić information content (AvgIpc) is 2.98. The lowest BCUT2D eigenvalue weighted by Crippen LogP contribution is -2.18. The van der Waals surface area contributed by atoms with Crippen LogP contribution in [0.3, 0.4) is 0 Å². The molecule has 2 amide bonds. The summed E-state index contributed by atoms with van der Waals surface area (Å²) in [5.41, 5.74) is 1.21. The molecule has 1 aromatic rings. The quantitative estimate of drug-likeness (QED) is 0.760. The first-order chi connectivity index (χ1) is 9.69. The van der Waals surface area contributed by atoms with Crippen molar-refractivity contribution in [3.05, 3.63) is 29.8 Å². The highest BCUT2D eigenvalue weighted by molar-refractivity contribution is 5.97. The van der Waals surface area contributed by atoms with E-state index in [1.54, 1.807) is 31.3 Å². The Kier molecular flexibility index (Phi) is 5.12. The Morgan fingerprint density at radius 2 is 2.25 bits per heavy atom. The van der Waals surface area contributed by atoms with E-state index >= 15 is 0 Å². The van der Waals surface area contributed by atoms with Gasteiger partial charge in [0.2, 0.25) is 5.91 Å². The fourth-order valence-corrected chi connectivity index (χ4v) is 2.40. The number of benzene rings is 1. The van der Waals surface area contributed by atoms with Gasteiger partial charge in [0.25, 0.3) is 5.91 Å². The molecule has 0 aliphatic carbocycles. The molecule has 1 atom stereocenters. The SMILES string of the molecule is CNC(=O)c1cccc(NC(=O)CCC2CCNC2)c1. The third-order valence-corrected chi connectivity index (χ3v) is 3.58. The van der Waals surface area contributed by atoms with E-state index in [4.69, 9.17) is 0 Å². The summed E-state index contributed by atoms with van der Waals surface area (Å²) in [5, 5.41) is 8.71. The summed E-state index contributed by atoms with van der Waals surface area (Å²) in [6.45, 7) is 2.07. The summed E-state index contributed by atoms with van der Waals surface area (Å²) in [6.07, 6.45) is 2.59. The van der Waals surface area contributed by atoms with Gasteiger partial charge in [-0.1, -0.05) is 6.07 Å². The minimum Gasteiger partial charge on any atom is -0.355 e. The molecular formula is C15H21N3O2. The van der Waals surface area contributed by atoms with Crippen LogP contribution in [0.1, 0.15) is 29.6 Å². The predicted octanol–water partition coefficient (Wildman–Crippen LogP) is 1.37. The minimum atomic E-state index is -0.155. The molecule has 2 rings (SSSR count). The number of amides is 2. The molecule has 3 N–H and O–H groups in total. The van der Waals surface area contributed by atoms with Crippen LogP contribution in [0.4, 0.5) is 5.69 Å². The van der Waals surface area contributed by atoms with Gasteiger partial charge in [0.1, 0.15) is 0 Å². The van der Waals surface area contributed by atoms with Crippen LogP contribution >= 0.6 is 0 Å². The lowest BCUT2D eigenvalue weighted by molar-refractivity contribution is -0.116. The maximum Gasteiger partial charge on any atom is 0.251 e. The lowest BCUT2D eigenvalue weighted by Gasteiger charge is -2.09. The smallest absolute Gasteiger partial charge is 0.251 e. The fraction of sp³-hybridized carbons (Fsp3) is 0.467. The van der Waals surface area contributed by atoms with Gasteiger partial charge in [-0.15, -0.1) is 0 Å². The number of rotatable bonds is 5. The highest BCUT2D eigenvalue weighted by Crippen LogP contribution is 2.16. The van der Waals surface area contributed by atoms with E-state index in [-0.39, 0.29) is 11.8 Å². The number of hydrogen-bond donors (Lipinski definition) is 3. The molecule has 0 bridgehead atoms. The third kappa shape index (κ3) is 4.06. The van der Waals surface area contributed by atoms with E-state index in [9.17, 15) is 9.59 Å². The Balaban J connectivity index is 1.85. The summed E-state index contributed by atoms with van der Waals surface area (Å²) in [4.78, 5) is 23.4. The summed E-state index contributed by atoms with van der Waals surface area (Å²) in [7, 11) is 1.59. The molecule has 5 nitrogen and oxygen atoms in total. The van der Waals surface area contributed by atoms with E-state index in [2.05, 4.69) is 16.0 Å².